The van der Waals surface area contributed by atoms with Crippen LogP contribution in [0.15, 0.2) is 34.9 Å². The molecule has 4 fully saturated rings. The molecule has 6 nitrogen and oxygen atoms in total. The topological polar surface area (TPSA) is 93.1 Å². The Labute approximate surface area is 226 Å². The van der Waals surface area contributed by atoms with Crippen molar-refractivity contribution in [2.75, 3.05) is 19.8 Å². The molecule has 6 rings (SSSR count). The lowest BCUT2D eigenvalue weighted by Crippen LogP contribution is -2.63. The molecule has 1 heterocycles. The number of carboxylic acid groups (broad SMARTS) is 1. The number of rotatable bonds is 2. The Morgan fingerprint density at radius 2 is 1.58 bits per heavy atom. The fourth-order valence-corrected chi connectivity index (χ4v) is 9.86. The first-order chi connectivity index (χ1) is 17.6. The average Bonchev–Trinajstić information content (AvgIpc) is 3.35. The zero-order valence-corrected chi connectivity index (χ0v) is 23.9. The summed E-state index contributed by atoms with van der Waals surface area (Å²) in [5.41, 5.74) is 1.20. The van der Waals surface area contributed by atoms with Crippen LogP contribution in [-0.2, 0) is 19.1 Å². The van der Waals surface area contributed by atoms with Gasteiger partial charge < -0.3 is 19.7 Å². The molecule has 38 heavy (non-hydrogen) atoms. The molecule has 0 aromatic carbocycles. The van der Waals surface area contributed by atoms with E-state index in [0.717, 1.165) is 56.1 Å². The van der Waals surface area contributed by atoms with Gasteiger partial charge in [0.25, 0.3) is 5.79 Å². The van der Waals surface area contributed by atoms with E-state index in [0.29, 0.717) is 19.1 Å². The van der Waals surface area contributed by atoms with Gasteiger partial charge in [-0.3, -0.25) is 9.59 Å². The van der Waals surface area contributed by atoms with Crippen LogP contribution >= 0.6 is 0 Å². The largest absolute Gasteiger partial charge is 0.481 e. The first kappa shape index (κ1) is 26.5. The molecule has 0 amide bonds. The summed E-state index contributed by atoms with van der Waals surface area (Å²) in [4.78, 5) is 26.1. The smallest absolute Gasteiger partial charge is 0.309 e. The van der Waals surface area contributed by atoms with Crippen molar-refractivity contribution in [2.24, 2.45) is 38.4 Å². The highest BCUT2D eigenvalue weighted by atomic mass is 16.7. The van der Waals surface area contributed by atoms with Crippen molar-refractivity contribution in [3.8, 4) is 0 Å². The summed E-state index contributed by atoms with van der Waals surface area (Å²) in [7, 11) is 0. The second kappa shape index (κ2) is 7.70. The maximum Gasteiger partial charge on any atom is 0.309 e. The highest BCUT2D eigenvalue weighted by molar-refractivity contribution is 5.99. The van der Waals surface area contributed by atoms with E-state index in [1.807, 2.05) is 19.9 Å². The Morgan fingerprint density at radius 3 is 2.21 bits per heavy atom. The minimum Gasteiger partial charge on any atom is -0.481 e. The van der Waals surface area contributed by atoms with Crippen molar-refractivity contribution in [1.29, 1.82) is 0 Å². The standard InChI is InChI=1S/C32H44O6/c1-26-9-10-27(2,25(35)36)18-23(26)31(6)14-12-28(3)21-17-32(37-15-16-38-32)24(34)29(4,19-33)20(21)7-8-22(28)30(31,5)13-11-26/h7-8,17,23,33H,9-16,18-19H2,1-6H3,(H,35,36)/t23-,26-,27-,28+,29+,30-,31+/m1/s1. The summed E-state index contributed by atoms with van der Waals surface area (Å²) < 4.78 is 12.0. The van der Waals surface area contributed by atoms with Crippen LogP contribution in [0.25, 0.3) is 0 Å². The molecule has 2 N–H and O–H groups in total. The fourth-order valence-electron chi connectivity index (χ4n) is 9.86. The van der Waals surface area contributed by atoms with Crippen LogP contribution in [0.5, 0.6) is 0 Å². The molecular weight excluding hydrogens is 480 g/mol. The van der Waals surface area contributed by atoms with E-state index in [9.17, 15) is 19.8 Å². The molecule has 7 atom stereocenters. The summed E-state index contributed by atoms with van der Waals surface area (Å²) in [5.74, 6) is -2.01. The molecule has 0 bridgehead atoms. The molecule has 6 aliphatic rings. The van der Waals surface area contributed by atoms with E-state index in [1.165, 1.54) is 5.57 Å². The third-order valence-corrected chi connectivity index (χ3v) is 12.9. The number of hydrogen-bond donors (Lipinski definition) is 2. The maximum atomic E-state index is 13.7. The van der Waals surface area contributed by atoms with Crippen LogP contribution < -0.4 is 0 Å². The fraction of sp³-hybridized carbons (Fsp3) is 0.750. The summed E-state index contributed by atoms with van der Waals surface area (Å²) in [6.45, 7) is 13.7. The predicted octanol–water partition coefficient (Wildman–Crippen LogP) is 5.61. The molecule has 0 radical (unpaired) electrons. The number of Topliss-reactive ketones (excluding diaryl/α,β-unsaturated/α-hetero) is 1. The number of fused-ring (bicyclic) bond motifs is 7. The van der Waals surface area contributed by atoms with E-state index in [1.54, 1.807) is 0 Å². The molecular formula is C32H44O6. The molecule has 1 aliphatic heterocycles. The highest BCUT2D eigenvalue weighted by Crippen LogP contribution is 2.76. The Morgan fingerprint density at radius 1 is 0.921 bits per heavy atom. The first-order valence-corrected chi connectivity index (χ1v) is 14.5. The molecule has 0 unspecified atom stereocenters. The number of carbonyl (C=O) groups excluding carboxylic acids is 1. The van der Waals surface area contributed by atoms with Gasteiger partial charge in [0.15, 0.2) is 0 Å². The van der Waals surface area contributed by atoms with Gasteiger partial charge in [-0.1, -0.05) is 45.4 Å². The number of allylic oxidation sites excluding steroid dienone is 4. The van der Waals surface area contributed by atoms with Crippen LogP contribution in [0.4, 0.5) is 0 Å². The van der Waals surface area contributed by atoms with Crippen molar-refractivity contribution in [2.45, 2.75) is 92.3 Å². The maximum absolute atomic E-state index is 13.7. The van der Waals surface area contributed by atoms with Gasteiger partial charge in [0.2, 0.25) is 5.78 Å². The van der Waals surface area contributed by atoms with Crippen LogP contribution in [0.1, 0.15) is 86.5 Å². The van der Waals surface area contributed by atoms with Crippen molar-refractivity contribution in [3.63, 3.8) is 0 Å². The Hall–Kier alpha value is -1.76. The third-order valence-electron chi connectivity index (χ3n) is 12.9. The number of carboxylic acids is 1. The van der Waals surface area contributed by atoms with Gasteiger partial charge in [0.05, 0.1) is 30.7 Å². The van der Waals surface area contributed by atoms with Gasteiger partial charge in [-0.15, -0.1) is 0 Å². The van der Waals surface area contributed by atoms with Crippen molar-refractivity contribution in [3.05, 3.63) is 34.9 Å². The van der Waals surface area contributed by atoms with Gasteiger partial charge in [0, 0.05) is 5.41 Å². The number of aliphatic carboxylic acids is 1. The molecule has 5 aliphatic carbocycles. The Bertz CT molecular complexity index is 1210. The van der Waals surface area contributed by atoms with E-state index in [2.05, 4.69) is 39.8 Å². The van der Waals surface area contributed by atoms with Gasteiger partial charge in [-0.25, -0.2) is 0 Å². The molecule has 1 spiro atoms. The van der Waals surface area contributed by atoms with E-state index in [4.69, 9.17) is 9.47 Å². The number of carbonyl (C=O) groups is 2. The van der Waals surface area contributed by atoms with Gasteiger partial charge in [-0.05, 0) is 98.2 Å². The summed E-state index contributed by atoms with van der Waals surface area (Å²) in [6.07, 6.45) is 12.7. The molecule has 0 aromatic rings. The molecule has 0 aromatic heterocycles. The molecule has 3 saturated carbocycles. The summed E-state index contributed by atoms with van der Waals surface area (Å²) >= 11 is 0. The number of hydrogen-bond acceptors (Lipinski definition) is 5. The van der Waals surface area contributed by atoms with Crippen LogP contribution in [0.2, 0.25) is 0 Å². The second-order valence-corrected chi connectivity index (χ2v) is 14.8. The second-order valence-electron chi connectivity index (χ2n) is 14.8. The van der Waals surface area contributed by atoms with Crippen molar-refractivity contribution >= 4 is 11.8 Å². The van der Waals surface area contributed by atoms with E-state index >= 15 is 0 Å². The number of ketones is 1. The van der Waals surface area contributed by atoms with Crippen LogP contribution in [0, 0.1) is 38.4 Å². The lowest BCUT2D eigenvalue weighted by molar-refractivity contribution is -0.180. The van der Waals surface area contributed by atoms with Crippen LogP contribution in [0.3, 0.4) is 0 Å². The Balaban J connectivity index is 1.50. The first-order valence-electron chi connectivity index (χ1n) is 14.5. The lowest BCUT2D eigenvalue weighted by Gasteiger charge is -2.70. The molecule has 6 heteroatoms. The zero-order valence-electron chi connectivity index (χ0n) is 23.9. The average molecular weight is 525 g/mol. The number of aliphatic hydroxyl groups excluding tert-OH is 1. The van der Waals surface area contributed by atoms with Gasteiger partial charge >= 0.3 is 5.97 Å². The third kappa shape index (κ3) is 2.95. The van der Waals surface area contributed by atoms with E-state index in [-0.39, 0.29) is 34.1 Å². The van der Waals surface area contributed by atoms with Gasteiger partial charge in [-0.2, -0.15) is 0 Å². The zero-order chi connectivity index (χ0) is 27.6. The van der Waals surface area contributed by atoms with Crippen molar-refractivity contribution < 1.29 is 29.3 Å². The van der Waals surface area contributed by atoms with Gasteiger partial charge in [0.1, 0.15) is 0 Å². The van der Waals surface area contributed by atoms with Crippen molar-refractivity contribution in [1.82, 2.24) is 0 Å². The predicted molar refractivity (Wildman–Crippen MR) is 143 cm³/mol. The summed E-state index contributed by atoms with van der Waals surface area (Å²) in [6, 6.07) is 0. The molecule has 208 valence electrons. The monoisotopic (exact) mass is 524 g/mol. The summed E-state index contributed by atoms with van der Waals surface area (Å²) in [5, 5.41) is 20.7. The quantitative estimate of drug-likeness (QED) is 0.488. The number of ether oxygens (including phenoxy) is 2. The Kier molecular flexibility index (Phi) is 5.36. The minimum absolute atomic E-state index is 0.0445. The van der Waals surface area contributed by atoms with Crippen LogP contribution in [-0.4, -0.2) is 47.6 Å². The molecule has 1 saturated heterocycles. The lowest BCUT2D eigenvalue weighted by atomic mass is 9.34. The SMILES string of the molecule is C[C@@]1(C(=O)O)CC[C@]2(C)CC[C@]3(C)C4=CC=C5C(=CC6(OCCO6)C(=O)[C@@]5(C)CO)[C@]4(C)CC[C@@]3(C)[C@@H]2C1. The highest BCUT2D eigenvalue weighted by Gasteiger charge is 2.69. The normalized spacial score (nSPS) is 49.2. The number of aliphatic hydroxyl groups is 1. The minimum atomic E-state index is -1.44. The van der Waals surface area contributed by atoms with E-state index < -0.39 is 22.6 Å².